The highest BCUT2D eigenvalue weighted by molar-refractivity contribution is 5.69. The quantitative estimate of drug-likeness (QED) is 0.858. The fourth-order valence-electron chi connectivity index (χ4n) is 2.56. The summed E-state index contributed by atoms with van der Waals surface area (Å²) in [6.45, 7) is 4.86. The Morgan fingerprint density at radius 3 is 2.89 bits per heavy atom. The molecule has 0 amide bonds. The minimum Gasteiger partial charge on any atom is -0.339 e. The van der Waals surface area contributed by atoms with Gasteiger partial charge in [-0.25, -0.2) is 9.99 Å². The SMILES string of the molecule is CCN(c1nc2nc[nH]c2c(=O)[nH]1)N1CCCCC1. The van der Waals surface area contributed by atoms with E-state index < -0.39 is 0 Å². The molecular formula is C12H18N6O. The van der Waals surface area contributed by atoms with Crippen molar-refractivity contribution in [2.24, 2.45) is 0 Å². The molecule has 1 aliphatic heterocycles. The Morgan fingerprint density at radius 2 is 2.16 bits per heavy atom. The maximum absolute atomic E-state index is 12.0. The van der Waals surface area contributed by atoms with Gasteiger partial charge in [-0.15, -0.1) is 0 Å². The Kier molecular flexibility index (Phi) is 3.20. The molecule has 0 spiro atoms. The van der Waals surface area contributed by atoms with Gasteiger partial charge in [0, 0.05) is 19.6 Å². The molecule has 0 bridgehead atoms. The van der Waals surface area contributed by atoms with Crippen molar-refractivity contribution in [3.05, 3.63) is 16.7 Å². The maximum Gasteiger partial charge on any atom is 0.278 e. The number of anilines is 1. The van der Waals surface area contributed by atoms with Crippen LogP contribution in [0.4, 0.5) is 5.95 Å². The predicted octanol–water partition coefficient (Wildman–Crippen LogP) is 0.873. The zero-order valence-electron chi connectivity index (χ0n) is 11.0. The molecule has 3 heterocycles. The van der Waals surface area contributed by atoms with Crippen LogP contribution < -0.4 is 10.6 Å². The van der Waals surface area contributed by atoms with Crippen LogP contribution in [0, 0.1) is 0 Å². The summed E-state index contributed by atoms with van der Waals surface area (Å²) in [6.07, 6.45) is 5.14. The standard InChI is InChI=1S/C12H18N6O/c1-2-18(17-6-4-3-5-7-17)12-15-10-9(11(19)16-12)13-8-14-10/h8H,2-7H2,1H3,(H2,13,14,15,16,19). The average Bonchev–Trinajstić information content (AvgIpc) is 2.90. The number of rotatable bonds is 3. The summed E-state index contributed by atoms with van der Waals surface area (Å²) in [5.41, 5.74) is 0.723. The fraction of sp³-hybridized carbons (Fsp3) is 0.583. The molecule has 0 aliphatic carbocycles. The number of H-pyrrole nitrogens is 2. The second kappa shape index (κ2) is 5.00. The number of nitrogens with one attached hydrogen (secondary N) is 2. The fourth-order valence-corrected chi connectivity index (χ4v) is 2.56. The lowest BCUT2D eigenvalue weighted by Gasteiger charge is -2.36. The van der Waals surface area contributed by atoms with Gasteiger partial charge in [-0.3, -0.25) is 14.8 Å². The minimum absolute atomic E-state index is 0.173. The van der Waals surface area contributed by atoms with Crippen molar-refractivity contribution in [2.45, 2.75) is 26.2 Å². The summed E-state index contributed by atoms with van der Waals surface area (Å²) in [4.78, 5) is 26.1. The van der Waals surface area contributed by atoms with E-state index in [9.17, 15) is 4.79 Å². The molecule has 2 aromatic heterocycles. The average molecular weight is 262 g/mol. The summed E-state index contributed by atoms with van der Waals surface area (Å²) in [6, 6.07) is 0. The molecule has 7 heteroatoms. The minimum atomic E-state index is -0.173. The number of nitrogens with zero attached hydrogens (tertiary/aromatic N) is 4. The van der Waals surface area contributed by atoms with Gasteiger partial charge in [0.2, 0.25) is 5.95 Å². The Balaban J connectivity index is 1.98. The second-order valence-corrected chi connectivity index (χ2v) is 4.72. The van der Waals surface area contributed by atoms with E-state index in [4.69, 9.17) is 0 Å². The molecule has 0 radical (unpaired) electrons. The van der Waals surface area contributed by atoms with E-state index in [0.29, 0.717) is 17.1 Å². The number of aromatic nitrogens is 4. The monoisotopic (exact) mass is 262 g/mol. The van der Waals surface area contributed by atoms with Crippen molar-refractivity contribution >= 4 is 17.1 Å². The van der Waals surface area contributed by atoms with E-state index >= 15 is 0 Å². The van der Waals surface area contributed by atoms with Crippen LogP contribution in [-0.4, -0.2) is 44.6 Å². The highest BCUT2D eigenvalue weighted by Crippen LogP contribution is 2.16. The summed E-state index contributed by atoms with van der Waals surface area (Å²) >= 11 is 0. The van der Waals surface area contributed by atoms with Crippen LogP contribution in [0.3, 0.4) is 0 Å². The highest BCUT2D eigenvalue weighted by atomic mass is 16.1. The molecule has 1 saturated heterocycles. The van der Waals surface area contributed by atoms with Gasteiger partial charge in [-0.1, -0.05) is 6.42 Å². The van der Waals surface area contributed by atoms with Crippen molar-refractivity contribution in [2.75, 3.05) is 24.6 Å². The summed E-state index contributed by atoms with van der Waals surface area (Å²) in [7, 11) is 0. The molecule has 0 unspecified atom stereocenters. The van der Waals surface area contributed by atoms with Gasteiger partial charge in [0.05, 0.1) is 6.33 Å². The number of fused-ring (bicyclic) bond motifs is 1. The number of hydrogen-bond acceptors (Lipinski definition) is 5. The summed E-state index contributed by atoms with van der Waals surface area (Å²) in [5, 5.41) is 4.29. The maximum atomic E-state index is 12.0. The first-order valence-corrected chi connectivity index (χ1v) is 6.75. The van der Waals surface area contributed by atoms with Gasteiger partial charge >= 0.3 is 0 Å². The molecule has 1 fully saturated rings. The summed E-state index contributed by atoms with van der Waals surface area (Å²) < 4.78 is 0. The van der Waals surface area contributed by atoms with Crippen molar-refractivity contribution in [1.29, 1.82) is 0 Å². The van der Waals surface area contributed by atoms with Crippen molar-refractivity contribution in [3.63, 3.8) is 0 Å². The normalized spacial score (nSPS) is 16.9. The van der Waals surface area contributed by atoms with E-state index in [1.54, 1.807) is 0 Å². The lowest BCUT2D eigenvalue weighted by atomic mass is 10.2. The predicted molar refractivity (Wildman–Crippen MR) is 73.0 cm³/mol. The van der Waals surface area contributed by atoms with E-state index in [2.05, 4.69) is 31.9 Å². The molecule has 0 saturated carbocycles. The zero-order valence-corrected chi connectivity index (χ0v) is 11.0. The zero-order chi connectivity index (χ0) is 13.2. The van der Waals surface area contributed by atoms with Crippen LogP contribution >= 0.6 is 0 Å². The smallest absolute Gasteiger partial charge is 0.278 e. The van der Waals surface area contributed by atoms with Crippen molar-refractivity contribution < 1.29 is 0 Å². The number of hydrazine groups is 1. The molecule has 3 rings (SSSR count). The van der Waals surface area contributed by atoms with E-state index in [1.165, 1.54) is 25.6 Å². The Labute approximate surface area is 110 Å². The van der Waals surface area contributed by atoms with E-state index in [-0.39, 0.29) is 5.56 Å². The Hall–Kier alpha value is -1.89. The van der Waals surface area contributed by atoms with Crippen LogP contribution in [0.2, 0.25) is 0 Å². The molecule has 0 atom stereocenters. The summed E-state index contributed by atoms with van der Waals surface area (Å²) in [5.74, 6) is 0.578. The number of piperidine rings is 1. The first kappa shape index (κ1) is 12.2. The van der Waals surface area contributed by atoms with Crippen molar-refractivity contribution in [1.82, 2.24) is 24.9 Å². The van der Waals surface area contributed by atoms with Crippen molar-refractivity contribution in [3.8, 4) is 0 Å². The molecule has 7 nitrogen and oxygen atoms in total. The van der Waals surface area contributed by atoms with Crippen LogP contribution in [0.1, 0.15) is 26.2 Å². The number of hydrogen-bond donors (Lipinski definition) is 2. The molecular weight excluding hydrogens is 244 g/mol. The first-order chi connectivity index (χ1) is 9.29. The van der Waals surface area contributed by atoms with E-state index in [0.717, 1.165) is 19.6 Å². The van der Waals surface area contributed by atoms with Crippen LogP contribution in [0.15, 0.2) is 11.1 Å². The molecule has 2 N–H and O–H groups in total. The molecule has 2 aromatic rings. The van der Waals surface area contributed by atoms with Crippen LogP contribution in [0.25, 0.3) is 11.2 Å². The lowest BCUT2D eigenvalue weighted by molar-refractivity contribution is 0.207. The molecule has 0 aromatic carbocycles. The Bertz CT molecular complexity index is 612. The van der Waals surface area contributed by atoms with Crippen LogP contribution in [-0.2, 0) is 0 Å². The molecule has 102 valence electrons. The number of aromatic amines is 2. The number of imidazole rings is 1. The molecule has 1 aliphatic rings. The third-order valence-electron chi connectivity index (χ3n) is 3.50. The highest BCUT2D eigenvalue weighted by Gasteiger charge is 2.20. The van der Waals surface area contributed by atoms with Gasteiger partial charge in [0.1, 0.15) is 0 Å². The first-order valence-electron chi connectivity index (χ1n) is 6.75. The van der Waals surface area contributed by atoms with E-state index in [1.807, 2.05) is 5.01 Å². The van der Waals surface area contributed by atoms with Crippen LogP contribution in [0.5, 0.6) is 0 Å². The lowest BCUT2D eigenvalue weighted by Crippen LogP contribution is -2.47. The van der Waals surface area contributed by atoms with Gasteiger partial charge in [-0.05, 0) is 19.8 Å². The van der Waals surface area contributed by atoms with Gasteiger partial charge in [-0.2, -0.15) is 4.98 Å². The third-order valence-corrected chi connectivity index (χ3v) is 3.50. The Morgan fingerprint density at radius 1 is 1.37 bits per heavy atom. The second-order valence-electron chi connectivity index (χ2n) is 4.72. The molecule has 19 heavy (non-hydrogen) atoms. The van der Waals surface area contributed by atoms with Gasteiger partial charge in [0.15, 0.2) is 11.2 Å². The third kappa shape index (κ3) is 2.21. The van der Waals surface area contributed by atoms with Gasteiger partial charge in [0.25, 0.3) is 5.56 Å². The largest absolute Gasteiger partial charge is 0.339 e. The topological polar surface area (TPSA) is 80.9 Å². The van der Waals surface area contributed by atoms with Gasteiger partial charge < -0.3 is 4.98 Å².